The molecule has 0 bridgehead atoms. The SMILES string of the molecule is O=c1sccn1CC1(CS)CCCCCC1. The maximum Gasteiger partial charge on any atom is 0.307 e. The van der Waals surface area contributed by atoms with E-state index in [0.717, 1.165) is 12.3 Å². The summed E-state index contributed by atoms with van der Waals surface area (Å²) >= 11 is 5.82. The van der Waals surface area contributed by atoms with E-state index in [1.165, 1.54) is 49.9 Å². The average Bonchev–Trinajstić information content (AvgIpc) is 2.56. The van der Waals surface area contributed by atoms with E-state index in [4.69, 9.17) is 0 Å². The summed E-state index contributed by atoms with van der Waals surface area (Å²) in [6.45, 7) is 0.860. The third-order valence-electron chi connectivity index (χ3n) is 3.65. The van der Waals surface area contributed by atoms with Gasteiger partial charge in [0.25, 0.3) is 0 Å². The first-order valence-corrected chi connectivity index (χ1v) is 7.52. The van der Waals surface area contributed by atoms with E-state index < -0.39 is 0 Å². The second-order valence-corrected chi connectivity index (χ2v) is 6.04. The lowest BCUT2D eigenvalue weighted by molar-refractivity contribution is 0.239. The van der Waals surface area contributed by atoms with Gasteiger partial charge in [-0.2, -0.15) is 12.6 Å². The number of rotatable bonds is 3. The van der Waals surface area contributed by atoms with Crippen molar-refractivity contribution in [3.05, 3.63) is 21.2 Å². The van der Waals surface area contributed by atoms with Crippen LogP contribution in [0.3, 0.4) is 0 Å². The van der Waals surface area contributed by atoms with Crippen molar-refractivity contribution in [2.24, 2.45) is 5.41 Å². The molecule has 0 saturated heterocycles. The second kappa shape index (κ2) is 5.41. The van der Waals surface area contributed by atoms with Crippen LogP contribution in [0, 0.1) is 5.41 Å². The lowest BCUT2D eigenvalue weighted by Crippen LogP contribution is -2.31. The van der Waals surface area contributed by atoms with Gasteiger partial charge in [-0.15, -0.1) is 0 Å². The van der Waals surface area contributed by atoms with Crippen molar-refractivity contribution in [3.63, 3.8) is 0 Å². The number of nitrogens with zero attached hydrogens (tertiary/aromatic N) is 1. The topological polar surface area (TPSA) is 22.0 Å². The first-order chi connectivity index (χ1) is 7.76. The number of thiazole rings is 1. The minimum atomic E-state index is 0.172. The lowest BCUT2D eigenvalue weighted by atomic mass is 9.82. The summed E-state index contributed by atoms with van der Waals surface area (Å²) in [5.41, 5.74) is 0.254. The molecule has 0 aliphatic heterocycles. The molecule has 1 heterocycles. The van der Waals surface area contributed by atoms with Crippen molar-refractivity contribution in [1.29, 1.82) is 0 Å². The molecule has 0 radical (unpaired) electrons. The highest BCUT2D eigenvalue weighted by atomic mass is 32.1. The van der Waals surface area contributed by atoms with E-state index in [0.29, 0.717) is 0 Å². The van der Waals surface area contributed by atoms with Crippen molar-refractivity contribution in [2.45, 2.75) is 45.1 Å². The van der Waals surface area contributed by atoms with Gasteiger partial charge < -0.3 is 4.57 Å². The zero-order valence-electron chi connectivity index (χ0n) is 9.52. The molecule has 1 aliphatic carbocycles. The summed E-state index contributed by atoms with van der Waals surface area (Å²) in [6, 6.07) is 0. The van der Waals surface area contributed by atoms with Gasteiger partial charge in [0.1, 0.15) is 0 Å². The van der Waals surface area contributed by atoms with E-state index in [9.17, 15) is 4.79 Å². The van der Waals surface area contributed by atoms with Gasteiger partial charge >= 0.3 is 4.87 Å². The van der Waals surface area contributed by atoms with Crippen LogP contribution in [0.25, 0.3) is 0 Å². The molecular formula is C12H19NOS2. The van der Waals surface area contributed by atoms with Crippen LogP contribution in [0.1, 0.15) is 38.5 Å². The Morgan fingerprint density at radius 1 is 1.31 bits per heavy atom. The van der Waals surface area contributed by atoms with E-state index in [-0.39, 0.29) is 10.3 Å². The van der Waals surface area contributed by atoms with Crippen LogP contribution in [-0.4, -0.2) is 10.3 Å². The minimum Gasteiger partial charge on any atom is -0.305 e. The van der Waals surface area contributed by atoms with Crippen LogP contribution in [0.4, 0.5) is 0 Å². The van der Waals surface area contributed by atoms with Crippen LogP contribution < -0.4 is 4.87 Å². The predicted molar refractivity (Wildman–Crippen MR) is 72.6 cm³/mol. The molecule has 1 fully saturated rings. The van der Waals surface area contributed by atoms with Gasteiger partial charge in [0.15, 0.2) is 0 Å². The van der Waals surface area contributed by atoms with Crippen molar-refractivity contribution < 1.29 is 0 Å². The Morgan fingerprint density at radius 3 is 2.50 bits per heavy atom. The van der Waals surface area contributed by atoms with Crippen LogP contribution in [0.15, 0.2) is 16.4 Å². The molecule has 0 spiro atoms. The Bertz CT molecular complexity index is 374. The average molecular weight is 257 g/mol. The Hall–Kier alpha value is -0.220. The third kappa shape index (κ3) is 2.72. The van der Waals surface area contributed by atoms with Crippen molar-refractivity contribution in [3.8, 4) is 0 Å². The van der Waals surface area contributed by atoms with Crippen LogP contribution in [-0.2, 0) is 6.54 Å². The highest BCUT2D eigenvalue weighted by Crippen LogP contribution is 2.37. The summed E-state index contributed by atoms with van der Waals surface area (Å²) in [6.07, 6.45) is 9.63. The Labute approximate surface area is 106 Å². The van der Waals surface area contributed by atoms with Gasteiger partial charge in [0.05, 0.1) is 0 Å². The molecule has 4 heteroatoms. The van der Waals surface area contributed by atoms with Gasteiger partial charge in [0, 0.05) is 18.1 Å². The van der Waals surface area contributed by atoms with Crippen LogP contribution >= 0.6 is 24.0 Å². The molecule has 2 rings (SSSR count). The number of hydrogen-bond donors (Lipinski definition) is 1. The molecule has 0 amide bonds. The monoisotopic (exact) mass is 257 g/mol. The molecule has 16 heavy (non-hydrogen) atoms. The summed E-state index contributed by atoms with van der Waals surface area (Å²) < 4.78 is 1.87. The highest BCUT2D eigenvalue weighted by Gasteiger charge is 2.30. The lowest BCUT2D eigenvalue weighted by Gasteiger charge is -2.31. The molecule has 2 nitrogen and oxygen atoms in total. The Morgan fingerprint density at radius 2 is 2.00 bits per heavy atom. The fourth-order valence-electron chi connectivity index (χ4n) is 2.61. The van der Waals surface area contributed by atoms with Crippen LogP contribution in [0.5, 0.6) is 0 Å². The fraction of sp³-hybridized carbons (Fsp3) is 0.750. The van der Waals surface area contributed by atoms with Gasteiger partial charge in [-0.25, -0.2) is 0 Å². The van der Waals surface area contributed by atoms with E-state index >= 15 is 0 Å². The number of aromatic nitrogens is 1. The van der Waals surface area contributed by atoms with E-state index in [1.807, 2.05) is 16.1 Å². The van der Waals surface area contributed by atoms with Crippen molar-refractivity contribution >= 4 is 24.0 Å². The van der Waals surface area contributed by atoms with Gasteiger partial charge in [-0.1, -0.05) is 37.0 Å². The molecule has 1 saturated carbocycles. The van der Waals surface area contributed by atoms with E-state index in [2.05, 4.69) is 12.6 Å². The molecule has 0 unspecified atom stereocenters. The molecule has 0 atom stereocenters. The zero-order valence-corrected chi connectivity index (χ0v) is 11.2. The largest absolute Gasteiger partial charge is 0.307 e. The van der Waals surface area contributed by atoms with Gasteiger partial charge in [-0.05, 0) is 24.0 Å². The minimum absolute atomic E-state index is 0.172. The molecule has 1 aliphatic rings. The summed E-state index contributed by atoms with van der Waals surface area (Å²) in [5.74, 6) is 0.898. The quantitative estimate of drug-likeness (QED) is 0.652. The van der Waals surface area contributed by atoms with Crippen molar-refractivity contribution in [1.82, 2.24) is 4.57 Å². The predicted octanol–water partition coefficient (Wildman–Crippen LogP) is 3.18. The zero-order chi connectivity index (χ0) is 11.4. The summed E-state index contributed by atoms with van der Waals surface area (Å²) in [4.78, 5) is 11.8. The number of thiol groups is 1. The van der Waals surface area contributed by atoms with Gasteiger partial charge in [0.2, 0.25) is 0 Å². The summed E-state index contributed by atoms with van der Waals surface area (Å²) in [5, 5.41) is 1.88. The Balaban J connectivity index is 2.14. The maximum atomic E-state index is 11.6. The van der Waals surface area contributed by atoms with Gasteiger partial charge in [-0.3, -0.25) is 4.79 Å². The molecule has 90 valence electrons. The Kier molecular flexibility index (Phi) is 4.14. The highest BCUT2D eigenvalue weighted by molar-refractivity contribution is 7.80. The first-order valence-electron chi connectivity index (χ1n) is 6.01. The normalized spacial score (nSPS) is 20.6. The van der Waals surface area contributed by atoms with Crippen LogP contribution in [0.2, 0.25) is 0 Å². The third-order valence-corrected chi connectivity index (χ3v) is 5.01. The van der Waals surface area contributed by atoms with E-state index in [1.54, 1.807) is 0 Å². The molecule has 1 aromatic rings. The van der Waals surface area contributed by atoms with Crippen molar-refractivity contribution in [2.75, 3.05) is 5.75 Å². The maximum absolute atomic E-state index is 11.6. The number of hydrogen-bond acceptors (Lipinski definition) is 3. The first kappa shape index (κ1) is 12.2. The molecule has 0 N–H and O–H groups in total. The molecular weight excluding hydrogens is 238 g/mol. The smallest absolute Gasteiger partial charge is 0.305 e. The molecule has 1 aromatic heterocycles. The standard InChI is InChI=1S/C12H19NOS2/c14-11-13(7-8-16-11)9-12(10-15)5-3-1-2-4-6-12/h7-8,15H,1-6,9-10H2. The summed E-state index contributed by atoms with van der Waals surface area (Å²) in [7, 11) is 0. The second-order valence-electron chi connectivity index (χ2n) is 4.87. The fourth-order valence-corrected chi connectivity index (χ4v) is 3.62. The molecule has 0 aromatic carbocycles.